The summed E-state index contributed by atoms with van der Waals surface area (Å²) in [6.45, 7) is 8.78. The van der Waals surface area contributed by atoms with E-state index in [1.807, 2.05) is 13.8 Å². The first kappa shape index (κ1) is 18.3. The molecule has 0 radical (unpaired) electrons. The van der Waals surface area contributed by atoms with Crippen LogP contribution < -0.4 is 0 Å². The van der Waals surface area contributed by atoms with Crippen LogP contribution >= 0.6 is 0 Å². The summed E-state index contributed by atoms with van der Waals surface area (Å²) in [6.07, 6.45) is 12.7. The highest BCUT2D eigenvalue weighted by molar-refractivity contribution is 5.17. The summed E-state index contributed by atoms with van der Waals surface area (Å²) < 4.78 is 0. The molecule has 1 saturated carbocycles. The largest absolute Gasteiger partial charge is 0.0683 e. The molecule has 1 unspecified atom stereocenters. The van der Waals surface area contributed by atoms with Crippen LogP contribution in [0.3, 0.4) is 0 Å². The number of hydrogen-bond acceptors (Lipinski definition) is 0. The Morgan fingerprint density at radius 1 is 0.952 bits per heavy atom. The summed E-state index contributed by atoms with van der Waals surface area (Å²) in [5.41, 5.74) is 2.11. The predicted octanol–water partition coefficient (Wildman–Crippen LogP) is 7.03. The van der Waals surface area contributed by atoms with Crippen LogP contribution in [0.5, 0.6) is 0 Å². The summed E-state index contributed by atoms with van der Waals surface area (Å²) in [7, 11) is 0. The van der Waals surface area contributed by atoms with Crippen LogP contribution in [-0.2, 0) is 6.42 Å². The van der Waals surface area contributed by atoms with E-state index >= 15 is 0 Å². The van der Waals surface area contributed by atoms with E-state index in [4.69, 9.17) is 0 Å². The SMILES string of the molecule is CC.CCCC(CC)(Cc1ccccc1)C1CCCCC1. The monoisotopic (exact) mass is 288 g/mol. The standard InChI is InChI=1S/C19H30.C2H6/c1-3-15-19(4-2,18-13-9-6-10-14-18)16-17-11-7-5-8-12-17;1-2/h5,7-8,11-12,18H,3-4,6,9-10,13-16H2,1-2H3;1-2H3. The maximum Gasteiger partial charge on any atom is -0.0219 e. The third-order valence-corrected chi connectivity index (χ3v) is 5.32. The molecule has 1 aromatic rings. The Bertz CT molecular complexity index is 348. The van der Waals surface area contributed by atoms with Crippen LogP contribution in [0.1, 0.15) is 84.6 Å². The van der Waals surface area contributed by atoms with Crippen LogP contribution in [0.4, 0.5) is 0 Å². The molecule has 0 saturated heterocycles. The van der Waals surface area contributed by atoms with E-state index in [1.165, 1.54) is 57.8 Å². The normalized spacial score (nSPS) is 18.5. The molecule has 21 heavy (non-hydrogen) atoms. The molecule has 0 aliphatic heterocycles. The van der Waals surface area contributed by atoms with E-state index in [9.17, 15) is 0 Å². The third kappa shape index (κ3) is 5.16. The van der Waals surface area contributed by atoms with Crippen molar-refractivity contribution >= 4 is 0 Å². The molecule has 1 fully saturated rings. The summed E-state index contributed by atoms with van der Waals surface area (Å²) >= 11 is 0. The molecule has 0 bridgehead atoms. The van der Waals surface area contributed by atoms with Gasteiger partial charge >= 0.3 is 0 Å². The molecular weight excluding hydrogens is 252 g/mol. The fourth-order valence-corrected chi connectivity index (χ4v) is 4.24. The van der Waals surface area contributed by atoms with Crippen molar-refractivity contribution in [2.24, 2.45) is 11.3 Å². The Morgan fingerprint density at radius 2 is 1.57 bits per heavy atom. The maximum atomic E-state index is 2.42. The van der Waals surface area contributed by atoms with Gasteiger partial charge in [0, 0.05) is 0 Å². The zero-order valence-electron chi connectivity index (χ0n) is 14.8. The molecule has 0 N–H and O–H groups in total. The van der Waals surface area contributed by atoms with Gasteiger partial charge in [-0.25, -0.2) is 0 Å². The highest BCUT2D eigenvalue weighted by Crippen LogP contribution is 2.46. The van der Waals surface area contributed by atoms with Crippen LogP contribution in [0.15, 0.2) is 30.3 Å². The minimum Gasteiger partial charge on any atom is -0.0683 e. The van der Waals surface area contributed by atoms with E-state index in [0.717, 1.165) is 5.92 Å². The highest BCUT2D eigenvalue weighted by Gasteiger charge is 2.36. The van der Waals surface area contributed by atoms with Gasteiger partial charge < -0.3 is 0 Å². The van der Waals surface area contributed by atoms with Crippen molar-refractivity contribution in [1.82, 2.24) is 0 Å². The number of benzene rings is 1. The van der Waals surface area contributed by atoms with Gasteiger partial charge in [0.2, 0.25) is 0 Å². The molecule has 1 atom stereocenters. The van der Waals surface area contributed by atoms with Crippen LogP contribution in [0, 0.1) is 11.3 Å². The van der Waals surface area contributed by atoms with Gasteiger partial charge in [0.15, 0.2) is 0 Å². The second kappa shape index (κ2) is 10.0. The van der Waals surface area contributed by atoms with Gasteiger partial charge in [-0.15, -0.1) is 0 Å². The van der Waals surface area contributed by atoms with Crippen molar-refractivity contribution in [2.75, 3.05) is 0 Å². The van der Waals surface area contributed by atoms with Gasteiger partial charge in [-0.2, -0.15) is 0 Å². The molecule has 0 nitrogen and oxygen atoms in total. The van der Waals surface area contributed by atoms with Crippen molar-refractivity contribution in [1.29, 1.82) is 0 Å². The van der Waals surface area contributed by atoms with Crippen molar-refractivity contribution in [3.63, 3.8) is 0 Å². The first-order valence-electron chi connectivity index (χ1n) is 9.34. The zero-order valence-corrected chi connectivity index (χ0v) is 14.8. The molecule has 2 rings (SSSR count). The van der Waals surface area contributed by atoms with Crippen molar-refractivity contribution in [3.8, 4) is 0 Å². The van der Waals surface area contributed by atoms with Gasteiger partial charge in [0.1, 0.15) is 0 Å². The lowest BCUT2D eigenvalue weighted by molar-refractivity contribution is 0.0962. The number of rotatable bonds is 6. The molecule has 0 amide bonds. The summed E-state index contributed by atoms with van der Waals surface area (Å²) in [5.74, 6) is 0.964. The molecule has 0 spiro atoms. The predicted molar refractivity (Wildman–Crippen MR) is 95.7 cm³/mol. The smallest absolute Gasteiger partial charge is 0.0219 e. The van der Waals surface area contributed by atoms with Gasteiger partial charge in [-0.1, -0.05) is 83.7 Å². The molecule has 1 aromatic carbocycles. The first-order valence-corrected chi connectivity index (χ1v) is 9.34. The highest BCUT2D eigenvalue weighted by atomic mass is 14.4. The van der Waals surface area contributed by atoms with E-state index < -0.39 is 0 Å². The lowest BCUT2D eigenvalue weighted by Crippen LogP contribution is -2.34. The van der Waals surface area contributed by atoms with Crippen molar-refractivity contribution < 1.29 is 0 Å². The summed E-state index contributed by atoms with van der Waals surface area (Å²) in [6, 6.07) is 11.2. The second-order valence-corrected chi connectivity index (χ2v) is 6.46. The van der Waals surface area contributed by atoms with Gasteiger partial charge in [-0.3, -0.25) is 0 Å². The Kier molecular flexibility index (Phi) is 8.73. The fraction of sp³-hybridized carbons (Fsp3) is 0.714. The van der Waals surface area contributed by atoms with Crippen LogP contribution in [-0.4, -0.2) is 0 Å². The summed E-state index contributed by atoms with van der Waals surface area (Å²) in [5, 5.41) is 0. The Labute approximate surface area is 133 Å². The summed E-state index contributed by atoms with van der Waals surface area (Å²) in [4.78, 5) is 0. The fourth-order valence-electron chi connectivity index (χ4n) is 4.24. The molecular formula is C21H36. The maximum absolute atomic E-state index is 2.42. The molecule has 120 valence electrons. The quantitative estimate of drug-likeness (QED) is 0.527. The van der Waals surface area contributed by atoms with Crippen molar-refractivity contribution in [3.05, 3.63) is 35.9 Å². The van der Waals surface area contributed by atoms with E-state index in [1.54, 1.807) is 5.56 Å². The Hall–Kier alpha value is -0.780. The lowest BCUT2D eigenvalue weighted by atomic mass is 9.62. The van der Waals surface area contributed by atoms with Gasteiger partial charge in [0.05, 0.1) is 0 Å². The number of hydrogen-bond donors (Lipinski definition) is 0. The molecule has 0 heterocycles. The second-order valence-electron chi connectivity index (χ2n) is 6.46. The average molecular weight is 289 g/mol. The minimum atomic E-state index is 0.566. The molecule has 0 heteroatoms. The van der Waals surface area contributed by atoms with E-state index in [-0.39, 0.29) is 0 Å². The van der Waals surface area contributed by atoms with Crippen molar-refractivity contribution in [2.45, 2.75) is 85.5 Å². The third-order valence-electron chi connectivity index (χ3n) is 5.32. The average Bonchev–Trinajstić information content (AvgIpc) is 2.58. The molecule has 1 aliphatic carbocycles. The van der Waals surface area contributed by atoms with Crippen LogP contribution in [0.2, 0.25) is 0 Å². The van der Waals surface area contributed by atoms with E-state index in [0.29, 0.717) is 5.41 Å². The topological polar surface area (TPSA) is 0 Å². The Morgan fingerprint density at radius 3 is 2.10 bits per heavy atom. The zero-order chi connectivity index (χ0) is 15.6. The Balaban J connectivity index is 0.00000106. The van der Waals surface area contributed by atoms with Gasteiger partial charge in [0.25, 0.3) is 0 Å². The first-order chi connectivity index (χ1) is 10.3. The van der Waals surface area contributed by atoms with Crippen LogP contribution in [0.25, 0.3) is 0 Å². The minimum absolute atomic E-state index is 0.566. The lowest BCUT2D eigenvalue weighted by Gasteiger charge is -2.43. The van der Waals surface area contributed by atoms with Gasteiger partial charge in [-0.05, 0) is 49.0 Å². The van der Waals surface area contributed by atoms with E-state index in [2.05, 4.69) is 44.2 Å². The molecule has 1 aliphatic rings. The molecule has 0 aromatic heterocycles.